The Bertz CT molecular complexity index is 851. The molecule has 2 fully saturated rings. The maximum atomic E-state index is 13.4. The number of fused-ring (bicyclic) bond motifs is 5. The molecule has 152 valence electrons. The second-order valence-corrected chi connectivity index (χ2v) is 10.5. The summed E-state index contributed by atoms with van der Waals surface area (Å²) in [6, 6.07) is 0. The van der Waals surface area contributed by atoms with Gasteiger partial charge in [0.1, 0.15) is 5.60 Å². The van der Waals surface area contributed by atoms with Crippen molar-refractivity contribution in [2.45, 2.75) is 49.5 Å². The summed E-state index contributed by atoms with van der Waals surface area (Å²) >= 11 is 14.3. The summed E-state index contributed by atoms with van der Waals surface area (Å²) in [5.74, 6) is -1.60. The Morgan fingerprint density at radius 3 is 2.68 bits per heavy atom. The minimum atomic E-state index is -1.76. The number of hydrogen-bond acceptors (Lipinski definition) is 3. The quantitative estimate of drug-likeness (QED) is 0.674. The first kappa shape index (κ1) is 20.3. The monoisotopic (exact) mass is 426 g/mol. The van der Waals surface area contributed by atoms with Crippen molar-refractivity contribution in [1.82, 2.24) is 0 Å². The molecule has 0 aliphatic heterocycles. The van der Waals surface area contributed by atoms with Gasteiger partial charge in [0.25, 0.3) is 0 Å². The van der Waals surface area contributed by atoms with Crippen LogP contribution in [0.4, 0.5) is 4.39 Å². The number of ketones is 2. The van der Waals surface area contributed by atoms with Crippen molar-refractivity contribution < 1.29 is 19.1 Å². The molecule has 28 heavy (non-hydrogen) atoms. The van der Waals surface area contributed by atoms with Gasteiger partial charge in [-0.25, -0.2) is 4.39 Å². The largest absolute Gasteiger partial charge is 0.381 e. The fourth-order valence-electron chi connectivity index (χ4n) is 6.64. The first-order valence-electron chi connectivity index (χ1n) is 9.75. The van der Waals surface area contributed by atoms with Gasteiger partial charge in [0.05, 0.1) is 10.3 Å². The standard InChI is InChI=1S/C22H25Cl2FO3/c1-12-8-16-15-5-4-13-9-14(26)6-7-19(13,2)21(15,24)17(23)10-20(16,3)22(12,28)18(27)11-25/h4-7,9,12,15-17,28H,8,10-11H2,1-3H3/t12-,15+,16+,17+,19+,20+,21+,22+/m1/s1. The second-order valence-electron chi connectivity index (χ2n) is 9.35. The van der Waals surface area contributed by atoms with Gasteiger partial charge in [-0.05, 0) is 42.4 Å². The van der Waals surface area contributed by atoms with E-state index in [9.17, 15) is 19.1 Å². The van der Waals surface area contributed by atoms with Crippen LogP contribution >= 0.6 is 23.2 Å². The Balaban J connectivity index is 1.88. The Morgan fingerprint density at radius 1 is 1.36 bits per heavy atom. The highest BCUT2D eigenvalue weighted by molar-refractivity contribution is 6.34. The molecular weight excluding hydrogens is 402 g/mol. The van der Waals surface area contributed by atoms with Crippen molar-refractivity contribution in [3.8, 4) is 0 Å². The third-order valence-corrected chi connectivity index (χ3v) is 9.81. The average Bonchev–Trinajstić information content (AvgIpc) is 2.84. The van der Waals surface area contributed by atoms with Gasteiger partial charge < -0.3 is 5.11 Å². The highest BCUT2D eigenvalue weighted by Crippen LogP contribution is 2.71. The molecule has 0 aromatic rings. The summed E-state index contributed by atoms with van der Waals surface area (Å²) in [6.07, 6.45) is 9.71. The summed E-state index contributed by atoms with van der Waals surface area (Å²) in [4.78, 5) is 23.5. The van der Waals surface area contributed by atoms with Gasteiger partial charge in [-0.2, -0.15) is 0 Å². The van der Waals surface area contributed by atoms with Crippen LogP contribution in [-0.4, -0.2) is 39.2 Å². The lowest BCUT2D eigenvalue weighted by Crippen LogP contribution is -2.67. The van der Waals surface area contributed by atoms with E-state index in [2.05, 4.69) is 0 Å². The van der Waals surface area contributed by atoms with Crippen LogP contribution in [0.3, 0.4) is 0 Å². The van der Waals surface area contributed by atoms with E-state index in [1.165, 1.54) is 6.08 Å². The predicted molar refractivity (Wildman–Crippen MR) is 107 cm³/mol. The molecule has 0 unspecified atom stereocenters. The maximum absolute atomic E-state index is 13.4. The molecule has 0 aromatic carbocycles. The van der Waals surface area contributed by atoms with Crippen LogP contribution in [0.2, 0.25) is 0 Å². The van der Waals surface area contributed by atoms with Crippen molar-refractivity contribution in [2.75, 3.05) is 6.67 Å². The Labute approximate surface area is 174 Å². The topological polar surface area (TPSA) is 54.4 Å². The van der Waals surface area contributed by atoms with Crippen LogP contribution in [0.5, 0.6) is 0 Å². The van der Waals surface area contributed by atoms with E-state index in [1.807, 2.05) is 32.1 Å². The lowest BCUT2D eigenvalue weighted by Gasteiger charge is -2.62. The number of hydrogen-bond donors (Lipinski definition) is 1. The Hall–Kier alpha value is -0.970. The van der Waals surface area contributed by atoms with E-state index in [1.54, 1.807) is 13.0 Å². The Kier molecular flexibility index (Phi) is 4.37. The van der Waals surface area contributed by atoms with Crippen molar-refractivity contribution in [3.63, 3.8) is 0 Å². The van der Waals surface area contributed by atoms with Gasteiger partial charge in [-0.3, -0.25) is 9.59 Å². The van der Waals surface area contributed by atoms with E-state index >= 15 is 0 Å². The van der Waals surface area contributed by atoms with Gasteiger partial charge in [-0.15, -0.1) is 23.2 Å². The molecule has 0 aromatic heterocycles. The van der Waals surface area contributed by atoms with E-state index in [0.717, 1.165) is 5.57 Å². The zero-order valence-corrected chi connectivity index (χ0v) is 17.7. The molecule has 2 saturated carbocycles. The molecule has 4 aliphatic carbocycles. The highest BCUT2D eigenvalue weighted by Gasteiger charge is 2.73. The molecule has 0 amide bonds. The van der Waals surface area contributed by atoms with E-state index in [-0.39, 0.29) is 17.6 Å². The Morgan fingerprint density at radius 2 is 2.04 bits per heavy atom. The summed E-state index contributed by atoms with van der Waals surface area (Å²) < 4.78 is 13.4. The van der Waals surface area contributed by atoms with Crippen molar-refractivity contribution in [3.05, 3.63) is 36.0 Å². The van der Waals surface area contributed by atoms with E-state index in [0.29, 0.717) is 12.8 Å². The molecule has 0 saturated heterocycles. The smallest absolute Gasteiger partial charge is 0.196 e. The third-order valence-electron chi connectivity index (χ3n) is 8.29. The van der Waals surface area contributed by atoms with Crippen LogP contribution in [-0.2, 0) is 9.59 Å². The number of alkyl halides is 3. The number of halogens is 3. The van der Waals surface area contributed by atoms with Crippen molar-refractivity contribution in [1.29, 1.82) is 0 Å². The molecule has 1 N–H and O–H groups in total. The first-order chi connectivity index (χ1) is 13.0. The zero-order chi connectivity index (χ0) is 20.7. The van der Waals surface area contributed by atoms with Gasteiger partial charge in [0.15, 0.2) is 18.2 Å². The fourth-order valence-corrected chi connectivity index (χ4v) is 7.81. The highest BCUT2D eigenvalue weighted by atomic mass is 35.5. The normalized spacial score (nSPS) is 52.0. The molecular formula is C22H25Cl2FO3. The van der Waals surface area contributed by atoms with E-state index in [4.69, 9.17) is 23.2 Å². The first-order valence-corrected chi connectivity index (χ1v) is 10.6. The number of aliphatic hydroxyl groups is 1. The molecule has 0 heterocycles. The van der Waals surface area contributed by atoms with Crippen LogP contribution in [0.25, 0.3) is 0 Å². The predicted octanol–water partition coefficient (Wildman–Crippen LogP) is 4.16. The number of Topliss-reactive ketones (excluding diaryl/α,β-unsaturated/α-hetero) is 1. The van der Waals surface area contributed by atoms with Crippen LogP contribution < -0.4 is 0 Å². The lowest BCUT2D eigenvalue weighted by atomic mass is 9.48. The number of rotatable bonds is 2. The molecule has 0 spiro atoms. The fraction of sp³-hybridized carbons (Fsp3) is 0.636. The molecule has 4 rings (SSSR count). The van der Waals surface area contributed by atoms with Crippen molar-refractivity contribution >= 4 is 34.8 Å². The summed E-state index contributed by atoms with van der Waals surface area (Å²) in [5, 5.41) is 10.8. The number of carbonyl (C=O) groups excluding carboxylic acids is 2. The van der Waals surface area contributed by atoms with Crippen molar-refractivity contribution in [2.24, 2.45) is 28.6 Å². The molecule has 0 bridgehead atoms. The summed E-state index contributed by atoms with van der Waals surface area (Å²) in [5.41, 5.74) is -2.46. The molecule has 3 nitrogen and oxygen atoms in total. The number of carbonyl (C=O) groups is 2. The van der Waals surface area contributed by atoms with Crippen LogP contribution in [0.1, 0.15) is 33.6 Å². The summed E-state index contributed by atoms with van der Waals surface area (Å²) in [7, 11) is 0. The van der Waals surface area contributed by atoms with E-state index < -0.39 is 45.1 Å². The average molecular weight is 427 g/mol. The minimum Gasteiger partial charge on any atom is -0.381 e. The SMILES string of the molecule is C[C@@H]1C[C@H]2[C@@H]3C=CC4=CC(=O)C=C[C@]4(C)[C@@]3(Cl)[C@@H](Cl)C[C@]2(C)[C@@]1(O)C(=O)CF. The molecule has 6 heteroatoms. The molecule has 8 atom stereocenters. The second kappa shape index (κ2) is 6.02. The number of allylic oxidation sites excluding steroid dienone is 6. The zero-order valence-electron chi connectivity index (χ0n) is 16.2. The maximum Gasteiger partial charge on any atom is 0.196 e. The van der Waals surface area contributed by atoms with Crippen LogP contribution in [0, 0.1) is 28.6 Å². The van der Waals surface area contributed by atoms with Gasteiger partial charge in [0, 0.05) is 16.7 Å². The van der Waals surface area contributed by atoms with Gasteiger partial charge >= 0.3 is 0 Å². The minimum absolute atomic E-state index is 0.0833. The lowest BCUT2D eigenvalue weighted by molar-refractivity contribution is -0.163. The molecule has 0 radical (unpaired) electrons. The van der Waals surface area contributed by atoms with Gasteiger partial charge in [-0.1, -0.05) is 39.0 Å². The van der Waals surface area contributed by atoms with Gasteiger partial charge in [0.2, 0.25) is 0 Å². The molecule has 4 aliphatic rings. The third kappa shape index (κ3) is 2.10. The summed E-state index contributed by atoms with van der Waals surface area (Å²) in [6.45, 7) is 4.44. The van der Waals surface area contributed by atoms with Crippen LogP contribution in [0.15, 0.2) is 36.0 Å².